The van der Waals surface area contributed by atoms with Gasteiger partial charge in [-0.05, 0) is 31.0 Å². The zero-order valence-corrected chi connectivity index (χ0v) is 19.2. The van der Waals surface area contributed by atoms with Gasteiger partial charge in [0.05, 0.1) is 12.1 Å². The summed E-state index contributed by atoms with van der Waals surface area (Å²) in [6, 6.07) is 17.0. The number of aromatic nitrogens is 1. The standard InChI is InChI=1S/C27H32N4O/c1-20(2)30-14-12-25-24(18-30)23-10-9-22(17-26(23)28(25)3)31-16-15-29(19-27(31)32)13-11-21-7-5-4-6-8-21/h4-10,17H,1,11-16,18-19H2,2-3H3. The van der Waals surface area contributed by atoms with Gasteiger partial charge in [-0.25, -0.2) is 0 Å². The van der Waals surface area contributed by atoms with Crippen LogP contribution in [0.3, 0.4) is 0 Å². The molecule has 0 unspecified atom stereocenters. The third kappa shape index (κ3) is 3.82. The largest absolute Gasteiger partial charge is 0.371 e. The van der Waals surface area contributed by atoms with Gasteiger partial charge in [-0.1, -0.05) is 43.0 Å². The minimum Gasteiger partial charge on any atom is -0.371 e. The van der Waals surface area contributed by atoms with Crippen LogP contribution < -0.4 is 4.90 Å². The highest BCUT2D eigenvalue weighted by Gasteiger charge is 2.27. The average molecular weight is 429 g/mol. The molecule has 2 aliphatic rings. The molecule has 3 aromatic rings. The number of hydrogen-bond acceptors (Lipinski definition) is 3. The fourth-order valence-electron chi connectivity index (χ4n) is 5.17. The van der Waals surface area contributed by atoms with Gasteiger partial charge in [0.1, 0.15) is 0 Å². The van der Waals surface area contributed by atoms with Crippen molar-refractivity contribution in [3.8, 4) is 0 Å². The summed E-state index contributed by atoms with van der Waals surface area (Å²) >= 11 is 0. The maximum absolute atomic E-state index is 13.0. The van der Waals surface area contributed by atoms with Crippen molar-refractivity contribution in [2.24, 2.45) is 7.05 Å². The van der Waals surface area contributed by atoms with E-state index in [0.717, 1.165) is 56.9 Å². The smallest absolute Gasteiger partial charge is 0.241 e. The molecule has 0 atom stereocenters. The number of amides is 1. The van der Waals surface area contributed by atoms with Crippen molar-refractivity contribution < 1.29 is 4.79 Å². The Morgan fingerprint density at radius 2 is 1.84 bits per heavy atom. The summed E-state index contributed by atoms with van der Waals surface area (Å²) in [7, 11) is 2.16. The first-order valence-electron chi connectivity index (χ1n) is 11.6. The molecule has 2 aliphatic heterocycles. The number of carbonyl (C=O) groups excluding carboxylic acids is 1. The van der Waals surface area contributed by atoms with Crippen molar-refractivity contribution in [2.75, 3.05) is 37.6 Å². The van der Waals surface area contributed by atoms with Crippen molar-refractivity contribution in [3.05, 3.63) is 77.6 Å². The lowest BCUT2D eigenvalue weighted by Crippen LogP contribution is -2.50. The molecule has 0 saturated carbocycles. The van der Waals surface area contributed by atoms with Crippen molar-refractivity contribution in [2.45, 2.75) is 26.3 Å². The topological polar surface area (TPSA) is 31.7 Å². The lowest BCUT2D eigenvalue weighted by atomic mass is 10.0. The van der Waals surface area contributed by atoms with Crippen LogP contribution in [0.25, 0.3) is 10.9 Å². The van der Waals surface area contributed by atoms with Crippen LogP contribution in [0.5, 0.6) is 0 Å². The van der Waals surface area contributed by atoms with Crippen LogP contribution in [0.1, 0.15) is 23.7 Å². The second-order valence-electron chi connectivity index (χ2n) is 9.15. The minimum absolute atomic E-state index is 0.191. The number of carbonyl (C=O) groups is 1. The lowest BCUT2D eigenvalue weighted by Gasteiger charge is -2.34. The normalized spacial score (nSPS) is 17.1. The lowest BCUT2D eigenvalue weighted by molar-refractivity contribution is -0.121. The van der Waals surface area contributed by atoms with E-state index in [9.17, 15) is 4.79 Å². The van der Waals surface area contributed by atoms with Crippen LogP contribution in [0.15, 0.2) is 60.8 Å². The second-order valence-corrected chi connectivity index (χ2v) is 9.15. The van der Waals surface area contributed by atoms with E-state index >= 15 is 0 Å². The minimum atomic E-state index is 0.191. The molecule has 0 spiro atoms. The maximum Gasteiger partial charge on any atom is 0.241 e. The van der Waals surface area contributed by atoms with Crippen molar-refractivity contribution >= 4 is 22.5 Å². The quantitative estimate of drug-likeness (QED) is 0.617. The van der Waals surface area contributed by atoms with Gasteiger partial charge < -0.3 is 14.4 Å². The van der Waals surface area contributed by atoms with Gasteiger partial charge in [0.25, 0.3) is 0 Å². The molecule has 3 heterocycles. The van der Waals surface area contributed by atoms with E-state index in [0.29, 0.717) is 6.54 Å². The Morgan fingerprint density at radius 1 is 1.03 bits per heavy atom. The molecular formula is C27H32N4O. The number of aryl methyl sites for hydroxylation is 1. The van der Waals surface area contributed by atoms with Crippen molar-refractivity contribution in [1.29, 1.82) is 0 Å². The van der Waals surface area contributed by atoms with Gasteiger partial charge in [0, 0.05) is 74.2 Å². The predicted molar refractivity (Wildman–Crippen MR) is 131 cm³/mol. The highest BCUT2D eigenvalue weighted by atomic mass is 16.2. The van der Waals surface area contributed by atoms with Crippen LogP contribution in [0.4, 0.5) is 5.69 Å². The number of nitrogens with zero attached hydrogens (tertiary/aromatic N) is 4. The van der Waals surface area contributed by atoms with E-state index in [4.69, 9.17) is 0 Å². The monoisotopic (exact) mass is 428 g/mol. The molecule has 32 heavy (non-hydrogen) atoms. The number of piperazine rings is 1. The van der Waals surface area contributed by atoms with E-state index in [1.54, 1.807) is 0 Å². The predicted octanol–water partition coefficient (Wildman–Crippen LogP) is 3.96. The molecule has 0 bridgehead atoms. The molecule has 0 aliphatic carbocycles. The molecule has 1 aromatic heterocycles. The summed E-state index contributed by atoms with van der Waals surface area (Å²) in [5, 5.41) is 1.30. The Kier molecular flexibility index (Phi) is 5.51. The average Bonchev–Trinajstić information content (AvgIpc) is 3.09. The third-order valence-electron chi connectivity index (χ3n) is 7.10. The first kappa shape index (κ1) is 20.8. The van der Waals surface area contributed by atoms with Gasteiger partial charge >= 0.3 is 0 Å². The highest BCUT2D eigenvalue weighted by molar-refractivity contribution is 5.98. The summed E-state index contributed by atoms with van der Waals surface area (Å²) in [6.07, 6.45) is 2.01. The SMILES string of the molecule is C=C(C)N1CCc2c(c3ccc(N4CCN(CCc5ccccc5)CC4=O)cc3n2C)C1. The Bertz CT molecular complexity index is 1160. The van der Waals surface area contributed by atoms with Crippen LogP contribution in [0, 0.1) is 0 Å². The van der Waals surface area contributed by atoms with Crippen molar-refractivity contribution in [1.82, 2.24) is 14.4 Å². The molecule has 1 saturated heterocycles. The summed E-state index contributed by atoms with van der Waals surface area (Å²) < 4.78 is 2.32. The van der Waals surface area contributed by atoms with E-state index in [2.05, 4.69) is 77.4 Å². The summed E-state index contributed by atoms with van der Waals surface area (Å²) in [5.41, 5.74) is 7.49. The summed E-state index contributed by atoms with van der Waals surface area (Å²) in [6.45, 7) is 11.2. The maximum atomic E-state index is 13.0. The van der Waals surface area contributed by atoms with Gasteiger partial charge in [0.2, 0.25) is 5.91 Å². The zero-order valence-electron chi connectivity index (χ0n) is 19.2. The van der Waals surface area contributed by atoms with Crippen LogP contribution in [-0.2, 0) is 31.2 Å². The Labute approximate surface area is 190 Å². The summed E-state index contributed by atoms with van der Waals surface area (Å²) in [5.74, 6) is 0.191. The Hall–Kier alpha value is -3.05. The van der Waals surface area contributed by atoms with Crippen LogP contribution >= 0.6 is 0 Å². The van der Waals surface area contributed by atoms with Gasteiger partial charge in [-0.15, -0.1) is 0 Å². The fourth-order valence-corrected chi connectivity index (χ4v) is 5.17. The number of benzene rings is 2. The van der Waals surface area contributed by atoms with Gasteiger partial charge in [-0.3, -0.25) is 9.69 Å². The van der Waals surface area contributed by atoms with Crippen LogP contribution in [-0.4, -0.2) is 53.0 Å². The Balaban J connectivity index is 1.32. The van der Waals surface area contributed by atoms with E-state index in [-0.39, 0.29) is 5.91 Å². The molecule has 0 radical (unpaired) electrons. The number of anilines is 1. The van der Waals surface area contributed by atoms with Gasteiger partial charge in [0.15, 0.2) is 0 Å². The van der Waals surface area contributed by atoms with E-state index < -0.39 is 0 Å². The molecule has 0 N–H and O–H groups in total. The number of hydrogen-bond donors (Lipinski definition) is 0. The molecule has 1 fully saturated rings. The molecule has 2 aromatic carbocycles. The molecule has 5 rings (SSSR count). The first-order valence-corrected chi connectivity index (χ1v) is 11.6. The van der Waals surface area contributed by atoms with Crippen molar-refractivity contribution in [3.63, 3.8) is 0 Å². The van der Waals surface area contributed by atoms with E-state index in [1.165, 1.54) is 27.7 Å². The number of rotatable bonds is 5. The third-order valence-corrected chi connectivity index (χ3v) is 7.10. The highest BCUT2D eigenvalue weighted by Crippen LogP contribution is 2.33. The molecule has 5 nitrogen and oxygen atoms in total. The second kappa shape index (κ2) is 8.47. The molecule has 5 heteroatoms. The number of allylic oxidation sites excluding steroid dienone is 1. The Morgan fingerprint density at radius 3 is 2.59 bits per heavy atom. The zero-order chi connectivity index (χ0) is 22.2. The first-order chi connectivity index (χ1) is 15.5. The van der Waals surface area contributed by atoms with Gasteiger partial charge in [-0.2, -0.15) is 0 Å². The number of fused-ring (bicyclic) bond motifs is 3. The summed E-state index contributed by atoms with van der Waals surface area (Å²) in [4.78, 5) is 19.6. The fraction of sp³-hybridized carbons (Fsp3) is 0.370. The molecule has 1 amide bonds. The van der Waals surface area contributed by atoms with E-state index in [1.807, 2.05) is 11.0 Å². The van der Waals surface area contributed by atoms with Crippen LogP contribution in [0.2, 0.25) is 0 Å². The molecule has 166 valence electrons. The molecular weight excluding hydrogens is 396 g/mol.